The van der Waals surface area contributed by atoms with Crippen molar-refractivity contribution in [3.05, 3.63) is 29.3 Å². The summed E-state index contributed by atoms with van der Waals surface area (Å²) in [5.41, 5.74) is 0.694. The van der Waals surface area contributed by atoms with E-state index in [4.69, 9.17) is 11.6 Å². The zero-order chi connectivity index (χ0) is 13.1. The number of amides is 2. The molecule has 1 aromatic rings. The molecule has 1 aliphatic heterocycles. The van der Waals surface area contributed by atoms with E-state index in [1.54, 1.807) is 29.2 Å². The van der Waals surface area contributed by atoms with Crippen LogP contribution in [-0.2, 0) is 9.59 Å². The first-order chi connectivity index (χ1) is 8.58. The topological polar surface area (TPSA) is 49.4 Å². The van der Waals surface area contributed by atoms with Crippen LogP contribution in [0, 0.1) is 0 Å². The zero-order valence-electron chi connectivity index (χ0n) is 10.1. The quantitative estimate of drug-likeness (QED) is 0.893. The summed E-state index contributed by atoms with van der Waals surface area (Å²) in [6.07, 6.45) is 1.59. The van der Waals surface area contributed by atoms with Crippen molar-refractivity contribution >= 4 is 29.1 Å². The number of hydrogen-bond acceptors (Lipinski definition) is 2. The van der Waals surface area contributed by atoms with Crippen LogP contribution >= 0.6 is 11.6 Å². The second kappa shape index (κ2) is 5.40. The fraction of sp³-hybridized carbons (Fsp3) is 0.385. The molecule has 0 spiro atoms. The molecule has 0 saturated carbocycles. The van der Waals surface area contributed by atoms with E-state index in [2.05, 4.69) is 5.32 Å². The van der Waals surface area contributed by atoms with Gasteiger partial charge in [0.2, 0.25) is 11.8 Å². The molecule has 0 bridgehead atoms. The highest BCUT2D eigenvalue weighted by Crippen LogP contribution is 2.20. The van der Waals surface area contributed by atoms with E-state index < -0.39 is 0 Å². The van der Waals surface area contributed by atoms with Gasteiger partial charge in [-0.15, -0.1) is 0 Å². The van der Waals surface area contributed by atoms with Crippen molar-refractivity contribution < 1.29 is 9.59 Å². The lowest BCUT2D eigenvalue weighted by Gasteiger charge is -2.22. The monoisotopic (exact) mass is 266 g/mol. The number of likely N-dealkylation sites (tertiary alicyclic amines) is 1. The maximum Gasteiger partial charge on any atom is 0.247 e. The van der Waals surface area contributed by atoms with Crippen LogP contribution in [0.4, 0.5) is 5.69 Å². The Morgan fingerprint density at radius 2 is 2.00 bits per heavy atom. The molecular weight excluding hydrogens is 252 g/mol. The number of benzene rings is 1. The lowest BCUT2D eigenvalue weighted by atomic mass is 10.2. The van der Waals surface area contributed by atoms with Gasteiger partial charge in [-0.2, -0.15) is 0 Å². The highest BCUT2D eigenvalue weighted by molar-refractivity contribution is 6.30. The van der Waals surface area contributed by atoms with Gasteiger partial charge in [0, 0.05) is 24.2 Å². The van der Waals surface area contributed by atoms with E-state index in [0.717, 1.165) is 12.8 Å². The van der Waals surface area contributed by atoms with Crippen LogP contribution in [0.1, 0.15) is 19.8 Å². The van der Waals surface area contributed by atoms with Crippen LogP contribution < -0.4 is 5.32 Å². The Bertz CT molecular complexity index is 459. The molecule has 1 heterocycles. The summed E-state index contributed by atoms with van der Waals surface area (Å²) < 4.78 is 0. The fourth-order valence-electron chi connectivity index (χ4n) is 2.17. The van der Waals surface area contributed by atoms with Crippen LogP contribution in [0.3, 0.4) is 0 Å². The Morgan fingerprint density at radius 1 is 1.33 bits per heavy atom. The van der Waals surface area contributed by atoms with Crippen LogP contribution in [0.15, 0.2) is 24.3 Å². The summed E-state index contributed by atoms with van der Waals surface area (Å²) in [5, 5.41) is 3.43. The summed E-state index contributed by atoms with van der Waals surface area (Å²) in [6.45, 7) is 2.15. The molecule has 1 aromatic carbocycles. The largest absolute Gasteiger partial charge is 0.331 e. The Morgan fingerprint density at radius 3 is 2.61 bits per heavy atom. The minimum Gasteiger partial charge on any atom is -0.331 e. The third-order valence-corrected chi connectivity index (χ3v) is 3.32. The predicted octanol–water partition coefficient (Wildman–Crippen LogP) is 2.29. The number of rotatable bonds is 2. The van der Waals surface area contributed by atoms with Gasteiger partial charge < -0.3 is 10.2 Å². The van der Waals surface area contributed by atoms with Gasteiger partial charge in [-0.3, -0.25) is 9.59 Å². The number of hydrogen-bond donors (Lipinski definition) is 1. The van der Waals surface area contributed by atoms with Crippen LogP contribution in [0.2, 0.25) is 5.02 Å². The number of nitrogens with zero attached hydrogens (tertiary/aromatic N) is 1. The molecule has 1 saturated heterocycles. The number of carbonyl (C=O) groups excluding carboxylic acids is 2. The molecule has 96 valence electrons. The first-order valence-corrected chi connectivity index (χ1v) is 6.29. The maximum absolute atomic E-state index is 12.1. The SMILES string of the molecule is CC(=O)N1CCC[C@H]1C(=O)Nc1ccc(Cl)cc1. The van der Waals surface area contributed by atoms with E-state index in [1.165, 1.54) is 6.92 Å². The van der Waals surface area contributed by atoms with E-state index in [0.29, 0.717) is 17.3 Å². The average Bonchev–Trinajstić information content (AvgIpc) is 2.81. The first kappa shape index (κ1) is 12.9. The van der Waals surface area contributed by atoms with E-state index in [9.17, 15) is 9.59 Å². The van der Waals surface area contributed by atoms with E-state index >= 15 is 0 Å². The molecule has 5 heteroatoms. The minimum atomic E-state index is -0.349. The predicted molar refractivity (Wildman–Crippen MR) is 70.5 cm³/mol. The van der Waals surface area contributed by atoms with Gasteiger partial charge >= 0.3 is 0 Å². The van der Waals surface area contributed by atoms with Crippen LogP contribution in [0.25, 0.3) is 0 Å². The average molecular weight is 267 g/mol. The van der Waals surface area contributed by atoms with Crippen molar-refractivity contribution in [3.63, 3.8) is 0 Å². The van der Waals surface area contributed by atoms with Crippen molar-refractivity contribution in [2.24, 2.45) is 0 Å². The van der Waals surface area contributed by atoms with Crippen molar-refractivity contribution in [3.8, 4) is 0 Å². The molecular formula is C13H15ClN2O2. The van der Waals surface area contributed by atoms with Gasteiger partial charge in [-0.1, -0.05) is 11.6 Å². The summed E-state index contributed by atoms with van der Waals surface area (Å²) in [6, 6.07) is 6.57. The van der Waals surface area contributed by atoms with Gasteiger partial charge in [-0.05, 0) is 37.1 Å². The molecule has 0 unspecified atom stereocenters. The summed E-state index contributed by atoms with van der Waals surface area (Å²) in [5.74, 6) is -0.186. The van der Waals surface area contributed by atoms with Crippen LogP contribution in [0.5, 0.6) is 0 Å². The van der Waals surface area contributed by atoms with Gasteiger partial charge in [0.25, 0.3) is 0 Å². The summed E-state index contributed by atoms with van der Waals surface area (Å²) >= 11 is 5.77. The molecule has 1 aliphatic rings. The molecule has 1 fully saturated rings. The summed E-state index contributed by atoms with van der Waals surface area (Å²) in [7, 11) is 0. The molecule has 4 nitrogen and oxygen atoms in total. The third-order valence-electron chi connectivity index (χ3n) is 3.07. The summed E-state index contributed by atoms with van der Waals surface area (Å²) in [4.78, 5) is 25.1. The maximum atomic E-state index is 12.1. The van der Waals surface area contributed by atoms with Gasteiger partial charge in [-0.25, -0.2) is 0 Å². The lowest BCUT2D eigenvalue weighted by Crippen LogP contribution is -2.42. The fourth-order valence-corrected chi connectivity index (χ4v) is 2.30. The standard InChI is InChI=1S/C13H15ClN2O2/c1-9(17)16-8-2-3-12(16)13(18)15-11-6-4-10(14)5-7-11/h4-7,12H,2-3,8H2,1H3,(H,15,18)/t12-/m0/s1. The normalized spacial score (nSPS) is 18.8. The van der Waals surface area contributed by atoms with Crippen molar-refractivity contribution in [1.82, 2.24) is 4.90 Å². The highest BCUT2D eigenvalue weighted by atomic mass is 35.5. The van der Waals surface area contributed by atoms with Gasteiger partial charge in [0.15, 0.2) is 0 Å². The van der Waals surface area contributed by atoms with E-state index in [1.807, 2.05) is 0 Å². The molecule has 1 atom stereocenters. The second-order valence-corrected chi connectivity index (χ2v) is 4.80. The molecule has 0 aliphatic carbocycles. The number of halogens is 1. The molecule has 2 rings (SSSR count). The van der Waals surface area contributed by atoms with Crippen molar-refractivity contribution in [2.75, 3.05) is 11.9 Å². The third kappa shape index (κ3) is 2.82. The highest BCUT2D eigenvalue weighted by Gasteiger charge is 2.32. The Hall–Kier alpha value is -1.55. The van der Waals surface area contributed by atoms with Crippen molar-refractivity contribution in [2.45, 2.75) is 25.8 Å². The molecule has 1 N–H and O–H groups in total. The number of anilines is 1. The molecule has 0 aromatic heterocycles. The second-order valence-electron chi connectivity index (χ2n) is 4.37. The lowest BCUT2D eigenvalue weighted by molar-refractivity contribution is -0.134. The molecule has 2 amide bonds. The molecule has 0 radical (unpaired) electrons. The van der Waals surface area contributed by atoms with E-state index in [-0.39, 0.29) is 17.9 Å². The van der Waals surface area contributed by atoms with Gasteiger partial charge in [0.1, 0.15) is 6.04 Å². The first-order valence-electron chi connectivity index (χ1n) is 5.91. The van der Waals surface area contributed by atoms with Crippen molar-refractivity contribution in [1.29, 1.82) is 0 Å². The Balaban J connectivity index is 2.03. The Labute approximate surface area is 111 Å². The minimum absolute atomic E-state index is 0.0521. The van der Waals surface area contributed by atoms with Gasteiger partial charge in [0.05, 0.1) is 0 Å². The zero-order valence-corrected chi connectivity index (χ0v) is 10.9. The number of nitrogens with one attached hydrogen (secondary N) is 1. The van der Waals surface area contributed by atoms with Crippen LogP contribution in [-0.4, -0.2) is 29.3 Å². The Kier molecular flexibility index (Phi) is 3.87. The molecule has 18 heavy (non-hydrogen) atoms. The number of carbonyl (C=O) groups is 2. The smallest absolute Gasteiger partial charge is 0.247 e.